The highest BCUT2D eigenvalue weighted by Gasteiger charge is 2.16. The number of rotatable bonds is 12. The number of benzene rings is 3. The summed E-state index contributed by atoms with van der Waals surface area (Å²) in [5, 5.41) is 14.2. The molecule has 0 atom stereocenters. The molecule has 10 nitrogen and oxygen atoms in total. The molecule has 0 spiro atoms. The van der Waals surface area contributed by atoms with Crippen LogP contribution < -0.4 is 24.8 Å². The van der Waals surface area contributed by atoms with E-state index in [9.17, 15) is 18.8 Å². The molecule has 0 radical (unpaired) electrons. The maximum Gasteiger partial charge on any atom is 0.335 e. The van der Waals surface area contributed by atoms with Gasteiger partial charge in [-0.2, -0.15) is 0 Å². The number of carboxylic acid groups (broad SMARTS) is 1. The Morgan fingerprint density at radius 3 is 2.28 bits per heavy atom. The minimum atomic E-state index is -1.08. The van der Waals surface area contributed by atoms with Gasteiger partial charge < -0.3 is 34.9 Å². The third-order valence-electron chi connectivity index (χ3n) is 5.76. The van der Waals surface area contributed by atoms with E-state index in [-0.39, 0.29) is 35.9 Å². The molecule has 0 heterocycles. The monoisotopic (exact) mass is 539 g/mol. The molecule has 0 aromatic heterocycles. The number of urea groups is 1. The SMILES string of the molecule is CCN(CCOc1ccc(C(=O)O)cc1OC)C(=O)Cc1ccc(NC(=O)Nc2ccccc2F)c(OC)c1. The standard InChI is InChI=1S/C28H30FN3O7/c1-4-32(13-14-39-23-12-10-19(27(34)35)17-25(23)38-3)26(33)16-18-9-11-22(24(15-18)37-2)31-28(36)30-21-8-6-5-7-20(21)29/h5-12,15,17H,4,13-14,16H2,1-3H3,(H,34,35)(H2,30,31,36). The van der Waals surface area contributed by atoms with Crippen molar-refractivity contribution in [3.05, 3.63) is 77.6 Å². The van der Waals surface area contributed by atoms with Crippen LogP contribution in [0.3, 0.4) is 0 Å². The van der Waals surface area contributed by atoms with E-state index < -0.39 is 17.8 Å². The van der Waals surface area contributed by atoms with Crippen molar-refractivity contribution in [3.8, 4) is 17.2 Å². The number of ether oxygens (including phenoxy) is 3. The Morgan fingerprint density at radius 1 is 0.897 bits per heavy atom. The van der Waals surface area contributed by atoms with Gasteiger partial charge >= 0.3 is 12.0 Å². The number of carbonyl (C=O) groups excluding carboxylic acids is 2. The van der Waals surface area contributed by atoms with E-state index in [4.69, 9.17) is 19.3 Å². The summed E-state index contributed by atoms with van der Waals surface area (Å²) < 4.78 is 30.1. The highest BCUT2D eigenvalue weighted by molar-refractivity contribution is 6.00. The van der Waals surface area contributed by atoms with Gasteiger partial charge in [-0.1, -0.05) is 18.2 Å². The summed E-state index contributed by atoms with van der Waals surface area (Å²) in [7, 11) is 2.86. The molecule has 3 aromatic carbocycles. The predicted molar refractivity (Wildman–Crippen MR) is 143 cm³/mol. The average Bonchev–Trinajstić information content (AvgIpc) is 2.93. The van der Waals surface area contributed by atoms with Crippen molar-refractivity contribution in [3.63, 3.8) is 0 Å². The summed E-state index contributed by atoms with van der Waals surface area (Å²) in [4.78, 5) is 38.1. The molecular weight excluding hydrogens is 509 g/mol. The summed E-state index contributed by atoms with van der Waals surface area (Å²) in [6.45, 7) is 2.77. The van der Waals surface area contributed by atoms with Crippen LogP contribution in [0.2, 0.25) is 0 Å². The summed E-state index contributed by atoms with van der Waals surface area (Å²) in [6, 6.07) is 14.4. The molecule has 0 fully saturated rings. The van der Waals surface area contributed by atoms with Crippen LogP contribution in [0.5, 0.6) is 17.2 Å². The van der Waals surface area contributed by atoms with Gasteiger partial charge in [-0.3, -0.25) is 4.79 Å². The van der Waals surface area contributed by atoms with E-state index in [0.29, 0.717) is 35.8 Å². The lowest BCUT2D eigenvalue weighted by molar-refractivity contribution is -0.130. The highest BCUT2D eigenvalue weighted by Crippen LogP contribution is 2.29. The molecule has 3 N–H and O–H groups in total. The fourth-order valence-electron chi connectivity index (χ4n) is 3.72. The van der Waals surface area contributed by atoms with Gasteiger partial charge in [0.15, 0.2) is 11.5 Å². The summed E-state index contributed by atoms with van der Waals surface area (Å²) in [5.74, 6) is -0.782. The largest absolute Gasteiger partial charge is 0.495 e. The number of anilines is 2. The van der Waals surface area contributed by atoms with Crippen LogP contribution in [0.4, 0.5) is 20.6 Å². The molecule has 0 aliphatic carbocycles. The third kappa shape index (κ3) is 7.84. The lowest BCUT2D eigenvalue weighted by atomic mass is 10.1. The number of aromatic carboxylic acids is 1. The topological polar surface area (TPSA) is 126 Å². The van der Waals surface area contributed by atoms with Crippen LogP contribution in [-0.2, 0) is 11.2 Å². The first-order chi connectivity index (χ1) is 18.7. The summed E-state index contributed by atoms with van der Waals surface area (Å²) in [5.41, 5.74) is 1.14. The first-order valence-corrected chi connectivity index (χ1v) is 12.1. The smallest absolute Gasteiger partial charge is 0.335 e. The van der Waals surface area contributed by atoms with Crippen molar-refractivity contribution >= 4 is 29.3 Å². The molecule has 0 saturated heterocycles. The van der Waals surface area contributed by atoms with Gasteiger partial charge in [0, 0.05) is 6.54 Å². The number of hydrogen-bond donors (Lipinski definition) is 3. The number of nitrogens with one attached hydrogen (secondary N) is 2. The highest BCUT2D eigenvalue weighted by atomic mass is 19.1. The van der Waals surface area contributed by atoms with Gasteiger partial charge in [0.1, 0.15) is 18.2 Å². The first-order valence-electron chi connectivity index (χ1n) is 12.1. The summed E-state index contributed by atoms with van der Waals surface area (Å²) >= 11 is 0. The van der Waals surface area contributed by atoms with Crippen LogP contribution >= 0.6 is 0 Å². The number of carbonyl (C=O) groups is 3. The normalized spacial score (nSPS) is 10.4. The van der Waals surface area contributed by atoms with E-state index >= 15 is 0 Å². The molecule has 39 heavy (non-hydrogen) atoms. The zero-order valence-electron chi connectivity index (χ0n) is 21.8. The van der Waals surface area contributed by atoms with Crippen molar-refractivity contribution < 1.29 is 38.1 Å². The Bertz CT molecular complexity index is 1330. The van der Waals surface area contributed by atoms with E-state index in [2.05, 4.69) is 10.6 Å². The third-order valence-corrected chi connectivity index (χ3v) is 5.76. The molecule has 3 amide bonds. The van der Waals surface area contributed by atoms with Gasteiger partial charge in [0.25, 0.3) is 0 Å². The van der Waals surface area contributed by atoms with Crippen LogP contribution in [0, 0.1) is 5.82 Å². The van der Waals surface area contributed by atoms with E-state index in [0.717, 1.165) is 0 Å². The van der Waals surface area contributed by atoms with E-state index in [1.54, 1.807) is 29.2 Å². The Kier molecular flexibility index (Phi) is 10.1. The Labute approximate surface area is 225 Å². The zero-order valence-corrected chi connectivity index (χ0v) is 21.8. The molecular formula is C28H30FN3O7. The van der Waals surface area contributed by atoms with E-state index in [1.807, 2.05) is 6.92 Å². The van der Waals surface area contributed by atoms with Crippen molar-refractivity contribution in [2.24, 2.45) is 0 Å². The molecule has 0 saturated carbocycles. The Balaban J connectivity index is 1.58. The number of para-hydroxylation sites is 1. The Hall–Kier alpha value is -4.80. The molecule has 206 valence electrons. The number of likely N-dealkylation sites (N-methyl/N-ethyl adjacent to an activating group) is 1. The maximum absolute atomic E-state index is 13.8. The minimum absolute atomic E-state index is 0.0375. The first kappa shape index (κ1) is 28.8. The fourth-order valence-corrected chi connectivity index (χ4v) is 3.72. The van der Waals surface area contributed by atoms with Crippen LogP contribution in [0.1, 0.15) is 22.8 Å². The molecule has 3 aromatic rings. The average molecular weight is 540 g/mol. The molecule has 0 aliphatic heterocycles. The molecule has 11 heteroatoms. The van der Waals surface area contributed by atoms with Gasteiger partial charge in [0.05, 0.1) is 44.1 Å². The minimum Gasteiger partial charge on any atom is -0.495 e. The van der Waals surface area contributed by atoms with Crippen LogP contribution in [0.15, 0.2) is 60.7 Å². The molecule has 0 aliphatic rings. The molecule has 0 unspecified atom stereocenters. The lowest BCUT2D eigenvalue weighted by Gasteiger charge is -2.22. The molecule has 3 rings (SSSR count). The Morgan fingerprint density at radius 2 is 1.62 bits per heavy atom. The number of amides is 3. The van der Waals surface area contributed by atoms with Gasteiger partial charge in [0.2, 0.25) is 5.91 Å². The predicted octanol–water partition coefficient (Wildman–Crippen LogP) is 4.66. The number of nitrogens with zero attached hydrogens (tertiary/aromatic N) is 1. The van der Waals surface area contributed by atoms with Gasteiger partial charge in [-0.15, -0.1) is 0 Å². The quantitative estimate of drug-likeness (QED) is 0.306. The maximum atomic E-state index is 13.8. The molecule has 0 bridgehead atoms. The number of carboxylic acids is 1. The van der Waals surface area contributed by atoms with E-state index in [1.165, 1.54) is 50.6 Å². The fraction of sp³-hybridized carbons (Fsp3) is 0.250. The zero-order chi connectivity index (χ0) is 28.4. The van der Waals surface area contributed by atoms with Crippen LogP contribution in [-0.4, -0.2) is 61.8 Å². The van der Waals surface area contributed by atoms with Crippen LogP contribution in [0.25, 0.3) is 0 Å². The van der Waals surface area contributed by atoms with Gasteiger partial charge in [-0.05, 0) is 55.0 Å². The van der Waals surface area contributed by atoms with Crippen molar-refractivity contribution in [2.45, 2.75) is 13.3 Å². The lowest BCUT2D eigenvalue weighted by Crippen LogP contribution is -2.35. The summed E-state index contributed by atoms with van der Waals surface area (Å²) in [6.07, 6.45) is 0.0858. The second-order valence-corrected chi connectivity index (χ2v) is 8.26. The van der Waals surface area contributed by atoms with Crippen molar-refractivity contribution in [1.82, 2.24) is 4.90 Å². The number of methoxy groups -OCH3 is 2. The van der Waals surface area contributed by atoms with Crippen molar-refractivity contribution in [1.29, 1.82) is 0 Å². The number of hydrogen-bond acceptors (Lipinski definition) is 6. The second kappa shape index (κ2) is 13.7. The second-order valence-electron chi connectivity index (χ2n) is 8.26. The van der Waals surface area contributed by atoms with Crippen molar-refractivity contribution in [2.75, 3.05) is 44.5 Å². The van der Waals surface area contributed by atoms with Gasteiger partial charge in [-0.25, -0.2) is 14.0 Å². The number of halogens is 1.